The lowest BCUT2D eigenvalue weighted by Crippen LogP contribution is -2.22. The Morgan fingerprint density at radius 2 is 1.83 bits per heavy atom. The van der Waals surface area contributed by atoms with Crippen LogP contribution in [0.5, 0.6) is 5.75 Å². The average molecular weight is 348 g/mol. The first-order chi connectivity index (χ1) is 11.3. The van der Waals surface area contributed by atoms with Crippen molar-refractivity contribution in [1.82, 2.24) is 4.31 Å². The lowest BCUT2D eigenvalue weighted by Gasteiger charge is -2.13. The average Bonchev–Trinajstić information content (AvgIpc) is 2.54. The fraction of sp³-hybridized carbons (Fsp3) is 0.235. The van der Waals surface area contributed by atoms with E-state index in [1.807, 2.05) is 13.0 Å². The fourth-order valence-electron chi connectivity index (χ4n) is 2.14. The van der Waals surface area contributed by atoms with Gasteiger partial charge in [0.15, 0.2) is 0 Å². The van der Waals surface area contributed by atoms with Crippen LogP contribution in [0.3, 0.4) is 0 Å². The molecule has 0 aliphatic carbocycles. The minimum Gasteiger partial charge on any atom is -0.496 e. The molecule has 0 radical (unpaired) electrons. The molecule has 0 aliphatic rings. The van der Waals surface area contributed by atoms with Crippen LogP contribution in [-0.4, -0.2) is 39.8 Å². The molecule has 2 aromatic carbocycles. The summed E-state index contributed by atoms with van der Waals surface area (Å²) in [7, 11) is 0.843. The molecule has 1 N–H and O–H groups in total. The Bertz CT molecular complexity index is 861. The van der Waals surface area contributed by atoms with Crippen LogP contribution in [0.2, 0.25) is 0 Å². The quantitative estimate of drug-likeness (QED) is 0.901. The zero-order valence-electron chi connectivity index (χ0n) is 14.0. The molecule has 0 saturated heterocycles. The van der Waals surface area contributed by atoms with Gasteiger partial charge < -0.3 is 10.1 Å². The van der Waals surface area contributed by atoms with E-state index in [-0.39, 0.29) is 10.8 Å². The van der Waals surface area contributed by atoms with Crippen molar-refractivity contribution < 1.29 is 17.9 Å². The van der Waals surface area contributed by atoms with E-state index in [1.54, 1.807) is 24.3 Å². The Morgan fingerprint density at radius 3 is 2.46 bits per heavy atom. The number of hydrogen-bond acceptors (Lipinski definition) is 4. The number of rotatable bonds is 5. The molecule has 7 heteroatoms. The van der Waals surface area contributed by atoms with Crippen LogP contribution in [0.4, 0.5) is 5.69 Å². The van der Waals surface area contributed by atoms with Crippen LogP contribution in [0.1, 0.15) is 15.9 Å². The molecule has 0 aliphatic heterocycles. The lowest BCUT2D eigenvalue weighted by molar-refractivity contribution is 0.102. The summed E-state index contributed by atoms with van der Waals surface area (Å²) in [5, 5.41) is 2.71. The summed E-state index contributed by atoms with van der Waals surface area (Å²) in [5.41, 5.74) is 1.70. The van der Waals surface area contributed by atoms with Gasteiger partial charge in [-0.25, -0.2) is 12.7 Å². The maximum absolute atomic E-state index is 12.5. The fourth-order valence-corrected chi connectivity index (χ4v) is 3.09. The number of benzene rings is 2. The normalized spacial score (nSPS) is 11.4. The van der Waals surface area contributed by atoms with Gasteiger partial charge in [-0.15, -0.1) is 0 Å². The van der Waals surface area contributed by atoms with Gasteiger partial charge in [0.05, 0.1) is 17.6 Å². The van der Waals surface area contributed by atoms with Crippen molar-refractivity contribution in [2.45, 2.75) is 11.8 Å². The second-order valence-corrected chi connectivity index (χ2v) is 7.62. The van der Waals surface area contributed by atoms with Gasteiger partial charge in [-0.05, 0) is 37.3 Å². The number of anilines is 1. The Labute approximate surface area is 142 Å². The Hall–Kier alpha value is -2.38. The number of carbonyl (C=O) groups excluding carboxylic acids is 1. The summed E-state index contributed by atoms with van der Waals surface area (Å²) in [4.78, 5) is 12.6. The molecule has 0 bridgehead atoms. The van der Waals surface area contributed by atoms with Crippen molar-refractivity contribution in [1.29, 1.82) is 0 Å². The third-order valence-electron chi connectivity index (χ3n) is 3.47. The van der Waals surface area contributed by atoms with Crippen LogP contribution in [-0.2, 0) is 10.0 Å². The number of amides is 1. The smallest absolute Gasteiger partial charge is 0.259 e. The first-order valence-corrected chi connectivity index (χ1v) is 8.68. The van der Waals surface area contributed by atoms with Gasteiger partial charge in [-0.3, -0.25) is 4.79 Å². The van der Waals surface area contributed by atoms with Crippen molar-refractivity contribution in [3.63, 3.8) is 0 Å². The molecule has 2 rings (SSSR count). The van der Waals surface area contributed by atoms with Gasteiger partial charge in [0.1, 0.15) is 5.75 Å². The van der Waals surface area contributed by atoms with E-state index in [1.165, 1.54) is 33.3 Å². The molecular formula is C17H20N2O4S. The van der Waals surface area contributed by atoms with Gasteiger partial charge in [-0.1, -0.05) is 17.7 Å². The number of nitrogens with one attached hydrogen (secondary N) is 1. The number of carbonyl (C=O) groups is 1. The third kappa shape index (κ3) is 3.74. The van der Waals surface area contributed by atoms with E-state index in [4.69, 9.17) is 4.74 Å². The van der Waals surface area contributed by atoms with Crippen molar-refractivity contribution in [3.8, 4) is 5.75 Å². The van der Waals surface area contributed by atoms with E-state index in [2.05, 4.69) is 5.32 Å². The predicted octanol–water partition coefficient (Wildman–Crippen LogP) is 2.51. The Kier molecular flexibility index (Phi) is 5.26. The minimum absolute atomic E-state index is 0.113. The number of hydrogen-bond donors (Lipinski definition) is 1. The monoisotopic (exact) mass is 348 g/mol. The first kappa shape index (κ1) is 18.0. The van der Waals surface area contributed by atoms with E-state index >= 15 is 0 Å². The zero-order valence-corrected chi connectivity index (χ0v) is 14.8. The maximum Gasteiger partial charge on any atom is 0.259 e. The van der Waals surface area contributed by atoms with Crippen LogP contribution >= 0.6 is 0 Å². The SMILES string of the molecule is COc1ccc(C)cc1C(=O)Nc1cccc(S(=O)(=O)N(C)C)c1. The molecule has 128 valence electrons. The number of aryl methyl sites for hydroxylation is 1. The van der Waals surface area contributed by atoms with E-state index < -0.39 is 10.0 Å². The molecule has 0 unspecified atom stereocenters. The number of sulfonamides is 1. The second-order valence-electron chi connectivity index (χ2n) is 5.47. The topological polar surface area (TPSA) is 75.7 Å². The first-order valence-electron chi connectivity index (χ1n) is 7.24. The molecule has 0 atom stereocenters. The molecule has 0 aromatic heterocycles. The van der Waals surface area contributed by atoms with Gasteiger partial charge in [0.25, 0.3) is 5.91 Å². The van der Waals surface area contributed by atoms with Crippen molar-refractivity contribution >= 4 is 21.6 Å². The summed E-state index contributed by atoms with van der Waals surface area (Å²) >= 11 is 0. The highest BCUT2D eigenvalue weighted by molar-refractivity contribution is 7.89. The van der Waals surface area contributed by atoms with E-state index in [9.17, 15) is 13.2 Å². The maximum atomic E-state index is 12.5. The van der Waals surface area contributed by atoms with Crippen molar-refractivity contribution in [2.24, 2.45) is 0 Å². The van der Waals surface area contributed by atoms with Crippen LogP contribution in [0, 0.1) is 6.92 Å². The van der Waals surface area contributed by atoms with E-state index in [0.717, 1.165) is 9.87 Å². The summed E-state index contributed by atoms with van der Waals surface area (Å²) in [6.45, 7) is 1.88. The molecule has 0 heterocycles. The molecular weight excluding hydrogens is 328 g/mol. The molecule has 0 saturated carbocycles. The summed E-state index contributed by atoms with van der Waals surface area (Å²) < 4.78 is 30.7. The molecule has 0 fully saturated rings. The largest absolute Gasteiger partial charge is 0.496 e. The third-order valence-corrected chi connectivity index (χ3v) is 5.28. The highest BCUT2D eigenvalue weighted by atomic mass is 32.2. The highest BCUT2D eigenvalue weighted by Gasteiger charge is 2.18. The number of nitrogens with zero attached hydrogens (tertiary/aromatic N) is 1. The number of methoxy groups -OCH3 is 1. The van der Waals surface area contributed by atoms with E-state index in [0.29, 0.717) is 17.0 Å². The van der Waals surface area contributed by atoms with Crippen LogP contribution in [0.15, 0.2) is 47.4 Å². The Balaban J connectivity index is 2.33. The van der Waals surface area contributed by atoms with Crippen LogP contribution < -0.4 is 10.1 Å². The van der Waals surface area contributed by atoms with Gasteiger partial charge in [0.2, 0.25) is 10.0 Å². The highest BCUT2D eigenvalue weighted by Crippen LogP contribution is 2.23. The zero-order chi connectivity index (χ0) is 17.9. The van der Waals surface area contributed by atoms with Crippen molar-refractivity contribution in [2.75, 3.05) is 26.5 Å². The molecule has 6 nitrogen and oxygen atoms in total. The minimum atomic E-state index is -3.56. The summed E-state index contributed by atoms with van der Waals surface area (Å²) in [5.74, 6) is 0.0881. The molecule has 0 spiro atoms. The second kappa shape index (κ2) is 7.02. The summed E-state index contributed by atoms with van der Waals surface area (Å²) in [6, 6.07) is 11.4. The standard InChI is InChI=1S/C17H20N2O4S/c1-12-8-9-16(23-4)15(10-12)17(20)18-13-6-5-7-14(11-13)24(21,22)19(2)3/h5-11H,1-4H3,(H,18,20). The molecule has 2 aromatic rings. The van der Waals surface area contributed by atoms with Crippen LogP contribution in [0.25, 0.3) is 0 Å². The molecule has 24 heavy (non-hydrogen) atoms. The van der Waals surface area contributed by atoms with Gasteiger partial charge in [0, 0.05) is 19.8 Å². The van der Waals surface area contributed by atoms with Gasteiger partial charge >= 0.3 is 0 Å². The summed E-state index contributed by atoms with van der Waals surface area (Å²) in [6.07, 6.45) is 0. The van der Waals surface area contributed by atoms with Gasteiger partial charge in [-0.2, -0.15) is 0 Å². The number of ether oxygens (including phenoxy) is 1. The lowest BCUT2D eigenvalue weighted by atomic mass is 10.1. The predicted molar refractivity (Wildman–Crippen MR) is 93.0 cm³/mol. The van der Waals surface area contributed by atoms with Crippen molar-refractivity contribution in [3.05, 3.63) is 53.6 Å². The molecule has 1 amide bonds. The Morgan fingerprint density at radius 1 is 1.12 bits per heavy atom.